The second kappa shape index (κ2) is 9.91. The number of para-hydroxylation sites is 2. The molecule has 1 aliphatic rings. The molecule has 1 atom stereocenters. The van der Waals surface area contributed by atoms with Crippen molar-refractivity contribution in [2.24, 2.45) is 4.99 Å². The van der Waals surface area contributed by atoms with Crippen LogP contribution >= 0.6 is 0 Å². The first-order chi connectivity index (χ1) is 14.1. The molecule has 1 amide bonds. The van der Waals surface area contributed by atoms with Crippen LogP contribution in [0, 0.1) is 5.82 Å². The summed E-state index contributed by atoms with van der Waals surface area (Å²) >= 11 is 0. The maximum Gasteiger partial charge on any atom is 0.225 e. The van der Waals surface area contributed by atoms with E-state index in [2.05, 4.69) is 27.0 Å². The summed E-state index contributed by atoms with van der Waals surface area (Å²) in [6.07, 6.45) is 1.29. The Morgan fingerprint density at radius 3 is 2.76 bits per heavy atom. The number of aliphatic imine (C=N–C) groups is 1. The zero-order chi connectivity index (χ0) is 20.6. The van der Waals surface area contributed by atoms with Crippen molar-refractivity contribution in [3.63, 3.8) is 0 Å². The number of carbonyl (C=O) groups is 1. The normalized spacial score (nSPS) is 16.0. The monoisotopic (exact) mass is 397 g/mol. The third-order valence-corrected chi connectivity index (χ3v) is 5.07. The number of hydrogen-bond donors (Lipinski definition) is 3. The molecule has 0 saturated carbocycles. The molecule has 3 N–H and O–H groups in total. The van der Waals surface area contributed by atoms with Gasteiger partial charge in [-0.05, 0) is 30.2 Å². The zero-order valence-electron chi connectivity index (χ0n) is 16.9. The molecule has 1 heterocycles. The Hall–Kier alpha value is -3.09. The van der Waals surface area contributed by atoms with Crippen LogP contribution < -0.4 is 20.9 Å². The first-order valence-electron chi connectivity index (χ1n) is 9.87. The topological polar surface area (TPSA) is 68.8 Å². The van der Waals surface area contributed by atoms with Gasteiger partial charge in [-0.3, -0.25) is 9.79 Å². The largest absolute Gasteiger partial charge is 0.372 e. The van der Waals surface area contributed by atoms with Crippen LogP contribution in [0.4, 0.5) is 15.8 Å². The van der Waals surface area contributed by atoms with Crippen molar-refractivity contribution < 1.29 is 9.18 Å². The lowest BCUT2D eigenvalue weighted by Gasteiger charge is -2.26. The molecule has 154 valence electrons. The summed E-state index contributed by atoms with van der Waals surface area (Å²) in [4.78, 5) is 18.1. The van der Waals surface area contributed by atoms with Crippen molar-refractivity contribution in [2.45, 2.75) is 18.8 Å². The second-order valence-corrected chi connectivity index (χ2v) is 7.14. The second-order valence-electron chi connectivity index (χ2n) is 7.14. The van der Waals surface area contributed by atoms with E-state index in [1.165, 1.54) is 6.07 Å². The summed E-state index contributed by atoms with van der Waals surface area (Å²) in [5, 5.41) is 9.52. The number of rotatable bonds is 7. The van der Waals surface area contributed by atoms with Gasteiger partial charge >= 0.3 is 0 Å². The maximum atomic E-state index is 13.8. The molecule has 0 saturated heterocycles. The van der Waals surface area contributed by atoms with Crippen molar-refractivity contribution in [3.8, 4) is 0 Å². The molecule has 7 heteroatoms. The first-order valence-corrected chi connectivity index (χ1v) is 9.87. The predicted molar refractivity (Wildman–Crippen MR) is 116 cm³/mol. The average Bonchev–Trinajstić information content (AvgIpc) is 2.73. The first kappa shape index (κ1) is 20.6. The van der Waals surface area contributed by atoms with Crippen molar-refractivity contribution in [2.75, 3.05) is 43.9 Å². The zero-order valence-corrected chi connectivity index (χ0v) is 16.9. The summed E-state index contributed by atoms with van der Waals surface area (Å²) in [6.45, 7) is 2.06. The fourth-order valence-corrected chi connectivity index (χ4v) is 3.53. The van der Waals surface area contributed by atoms with E-state index in [-0.39, 0.29) is 17.6 Å². The number of carbonyl (C=O) groups excluding carboxylic acids is 1. The summed E-state index contributed by atoms with van der Waals surface area (Å²) in [7, 11) is 3.61. The van der Waals surface area contributed by atoms with Gasteiger partial charge in [0, 0.05) is 51.8 Å². The third-order valence-electron chi connectivity index (χ3n) is 5.07. The molecule has 0 bridgehead atoms. The fourth-order valence-electron chi connectivity index (χ4n) is 3.53. The number of benzene rings is 2. The van der Waals surface area contributed by atoms with Crippen LogP contribution in [0.5, 0.6) is 0 Å². The Morgan fingerprint density at radius 2 is 1.97 bits per heavy atom. The van der Waals surface area contributed by atoms with E-state index in [1.807, 2.05) is 36.2 Å². The summed E-state index contributed by atoms with van der Waals surface area (Å²) < 4.78 is 13.8. The SMILES string of the molecule is CN=C(NCCCN(C)c1ccccc1F)NCC1CC(=O)Nc2ccccc21. The van der Waals surface area contributed by atoms with Crippen molar-refractivity contribution in [1.29, 1.82) is 0 Å². The smallest absolute Gasteiger partial charge is 0.225 e. The number of guanidine groups is 1. The van der Waals surface area contributed by atoms with Crippen LogP contribution in [-0.4, -0.2) is 45.6 Å². The third kappa shape index (κ3) is 5.47. The van der Waals surface area contributed by atoms with Crippen LogP contribution in [0.15, 0.2) is 53.5 Å². The molecule has 0 aliphatic carbocycles. The highest BCUT2D eigenvalue weighted by Crippen LogP contribution is 2.31. The average molecular weight is 397 g/mol. The van der Waals surface area contributed by atoms with Gasteiger partial charge in [0.05, 0.1) is 5.69 Å². The lowest BCUT2D eigenvalue weighted by molar-refractivity contribution is -0.116. The number of fused-ring (bicyclic) bond motifs is 1. The fraction of sp³-hybridized carbons (Fsp3) is 0.364. The highest BCUT2D eigenvalue weighted by Gasteiger charge is 2.24. The van der Waals surface area contributed by atoms with Crippen molar-refractivity contribution in [3.05, 3.63) is 59.9 Å². The number of anilines is 2. The quantitative estimate of drug-likeness (QED) is 0.382. The number of nitrogens with zero attached hydrogens (tertiary/aromatic N) is 2. The van der Waals surface area contributed by atoms with E-state index in [0.717, 1.165) is 24.2 Å². The molecule has 1 unspecified atom stereocenters. The van der Waals surface area contributed by atoms with Crippen LogP contribution in [0.2, 0.25) is 0 Å². The molecule has 0 fully saturated rings. The molecule has 1 aliphatic heterocycles. The molecule has 6 nitrogen and oxygen atoms in total. The standard InChI is InChI=1S/C22H28FN5O/c1-24-22(25-12-7-13-28(2)20-11-6-4-9-18(20)23)26-15-16-14-21(29)27-19-10-5-3-8-17(16)19/h3-6,8-11,16H,7,12-15H2,1-2H3,(H,27,29)(H2,24,25,26). The van der Waals surface area contributed by atoms with E-state index < -0.39 is 0 Å². The molecular weight excluding hydrogens is 369 g/mol. The van der Waals surface area contributed by atoms with Crippen LogP contribution in [-0.2, 0) is 4.79 Å². The van der Waals surface area contributed by atoms with Crippen LogP contribution in [0.3, 0.4) is 0 Å². The van der Waals surface area contributed by atoms with Gasteiger partial charge in [-0.1, -0.05) is 30.3 Å². The molecule has 2 aromatic carbocycles. The van der Waals surface area contributed by atoms with E-state index in [9.17, 15) is 9.18 Å². The van der Waals surface area contributed by atoms with Crippen molar-refractivity contribution >= 4 is 23.2 Å². The molecule has 0 aromatic heterocycles. The van der Waals surface area contributed by atoms with E-state index in [4.69, 9.17) is 0 Å². The predicted octanol–water partition coefficient (Wildman–Crippen LogP) is 2.94. The van der Waals surface area contributed by atoms with Gasteiger partial charge in [0.25, 0.3) is 0 Å². The molecular formula is C22H28FN5O. The summed E-state index contributed by atoms with van der Waals surface area (Å²) in [5.41, 5.74) is 2.63. The number of amides is 1. The Bertz CT molecular complexity index is 870. The number of halogens is 1. The van der Waals surface area contributed by atoms with E-state index in [0.29, 0.717) is 31.2 Å². The summed E-state index contributed by atoms with van der Waals surface area (Å²) in [6, 6.07) is 14.7. The Morgan fingerprint density at radius 1 is 1.21 bits per heavy atom. The van der Waals surface area contributed by atoms with E-state index >= 15 is 0 Å². The highest BCUT2D eigenvalue weighted by atomic mass is 19.1. The minimum Gasteiger partial charge on any atom is -0.372 e. The van der Waals surface area contributed by atoms with Gasteiger partial charge in [-0.2, -0.15) is 0 Å². The minimum absolute atomic E-state index is 0.0367. The van der Waals surface area contributed by atoms with Gasteiger partial charge in [-0.25, -0.2) is 4.39 Å². The van der Waals surface area contributed by atoms with Gasteiger partial charge in [0.15, 0.2) is 5.96 Å². The minimum atomic E-state index is -0.211. The van der Waals surface area contributed by atoms with Crippen molar-refractivity contribution in [1.82, 2.24) is 10.6 Å². The lowest BCUT2D eigenvalue weighted by atomic mass is 9.90. The van der Waals surface area contributed by atoms with Crippen LogP contribution in [0.25, 0.3) is 0 Å². The summed E-state index contributed by atoms with van der Waals surface area (Å²) in [5.74, 6) is 0.625. The Labute approximate surface area is 171 Å². The molecule has 3 rings (SSSR count). The van der Waals surface area contributed by atoms with Gasteiger partial charge < -0.3 is 20.9 Å². The highest BCUT2D eigenvalue weighted by molar-refractivity contribution is 5.94. The molecule has 0 radical (unpaired) electrons. The molecule has 29 heavy (non-hydrogen) atoms. The molecule has 0 spiro atoms. The Balaban J connectivity index is 1.45. The Kier molecular flexibility index (Phi) is 7.05. The van der Waals surface area contributed by atoms with Crippen LogP contribution in [0.1, 0.15) is 24.3 Å². The lowest BCUT2D eigenvalue weighted by Crippen LogP contribution is -2.41. The maximum absolute atomic E-state index is 13.8. The van der Waals surface area contributed by atoms with E-state index in [1.54, 1.807) is 19.2 Å². The van der Waals surface area contributed by atoms with Gasteiger partial charge in [-0.15, -0.1) is 0 Å². The molecule has 2 aromatic rings. The number of hydrogen-bond acceptors (Lipinski definition) is 3. The van der Waals surface area contributed by atoms with Gasteiger partial charge in [0.2, 0.25) is 5.91 Å². The van der Waals surface area contributed by atoms with Gasteiger partial charge in [0.1, 0.15) is 5.82 Å². The number of nitrogens with one attached hydrogen (secondary N) is 3.